The third-order valence-corrected chi connectivity index (χ3v) is 8.26. The number of urea groups is 2. The number of hydrogen-bond acceptors (Lipinski definition) is 4. The molecular weight excluding hydrogens is 762 g/mol. The number of benzene rings is 4. The molecule has 1 aliphatic rings. The third kappa shape index (κ3) is 9.82. The van der Waals surface area contributed by atoms with Gasteiger partial charge in [0, 0.05) is 47.5 Å². The molecule has 248 valence electrons. The number of carbonyl (C=O) groups is 2. The van der Waals surface area contributed by atoms with Gasteiger partial charge in [-0.3, -0.25) is 9.80 Å². The second-order valence-corrected chi connectivity index (χ2v) is 12.5. The van der Waals surface area contributed by atoms with Gasteiger partial charge in [0.15, 0.2) is 0 Å². The Kier molecular flexibility index (Phi) is 13.3. The smallest absolute Gasteiger partial charge is 0.325 e. The highest BCUT2D eigenvalue weighted by atomic mass is 79.9. The van der Waals surface area contributed by atoms with Gasteiger partial charge in [-0.05, 0) is 71.8 Å². The van der Waals surface area contributed by atoms with E-state index < -0.39 is 0 Å². The summed E-state index contributed by atoms with van der Waals surface area (Å²) in [6, 6.07) is 22.9. The Hall–Kier alpha value is -3.87. The van der Waals surface area contributed by atoms with Crippen LogP contribution in [0.15, 0.2) is 93.9 Å². The number of amides is 4. The lowest BCUT2D eigenvalue weighted by atomic mass is 10.2. The molecule has 47 heavy (non-hydrogen) atoms. The number of nitrogens with zero attached hydrogens (tertiary/aromatic N) is 3. The molecule has 0 aliphatic carbocycles. The van der Waals surface area contributed by atoms with Gasteiger partial charge in [-0.2, -0.15) is 0 Å². The zero-order valence-corrected chi connectivity index (χ0v) is 29.6. The van der Waals surface area contributed by atoms with E-state index in [1.54, 1.807) is 47.2 Å². The zero-order valence-electron chi connectivity index (χ0n) is 25.7. The van der Waals surface area contributed by atoms with E-state index >= 15 is 0 Å². The molecular formula is C34H33Br2ClF2N4O4. The fourth-order valence-electron chi connectivity index (χ4n) is 4.89. The molecule has 13 heteroatoms. The molecule has 1 heterocycles. The monoisotopic (exact) mass is 792 g/mol. The Morgan fingerprint density at radius 2 is 1.49 bits per heavy atom. The Labute approximate surface area is 294 Å². The second kappa shape index (κ2) is 17.3. The first-order valence-electron chi connectivity index (χ1n) is 14.5. The van der Waals surface area contributed by atoms with E-state index in [2.05, 4.69) is 37.2 Å². The van der Waals surface area contributed by atoms with Crippen LogP contribution in [0.25, 0.3) is 0 Å². The third-order valence-electron chi connectivity index (χ3n) is 7.11. The van der Waals surface area contributed by atoms with Crippen LogP contribution in [-0.4, -0.2) is 56.7 Å². The van der Waals surface area contributed by atoms with E-state index in [0.717, 1.165) is 20.2 Å². The number of ether oxygens (including phenoxy) is 2. The lowest BCUT2D eigenvalue weighted by Crippen LogP contribution is -2.41. The van der Waals surface area contributed by atoms with E-state index in [-0.39, 0.29) is 36.1 Å². The number of rotatable bonds is 10. The molecule has 1 fully saturated rings. The van der Waals surface area contributed by atoms with Crippen molar-refractivity contribution in [1.29, 1.82) is 0 Å². The minimum atomic E-state index is -0.339. The summed E-state index contributed by atoms with van der Waals surface area (Å²) in [6.45, 7) is 2.09. The maximum atomic E-state index is 13.3. The van der Waals surface area contributed by atoms with Crippen LogP contribution in [-0.2, 0) is 13.1 Å². The molecule has 4 aromatic rings. The summed E-state index contributed by atoms with van der Waals surface area (Å²) in [6.07, 6.45) is 0. The number of alkyl halides is 1. The van der Waals surface area contributed by atoms with Gasteiger partial charge in [0.1, 0.15) is 23.1 Å². The molecule has 1 N–H and O–H groups in total. The number of carbonyl (C=O) groups excluding carboxylic acids is 2. The summed E-state index contributed by atoms with van der Waals surface area (Å²) in [4.78, 5) is 30.1. The molecule has 0 spiro atoms. The van der Waals surface area contributed by atoms with Crippen LogP contribution in [0.5, 0.6) is 11.5 Å². The number of methoxy groups -OCH3 is 2. The van der Waals surface area contributed by atoms with Crippen molar-refractivity contribution in [2.45, 2.75) is 13.1 Å². The van der Waals surface area contributed by atoms with Crippen molar-refractivity contribution in [3.63, 3.8) is 0 Å². The van der Waals surface area contributed by atoms with Crippen molar-refractivity contribution in [2.75, 3.05) is 49.5 Å². The van der Waals surface area contributed by atoms with Gasteiger partial charge in [0.25, 0.3) is 0 Å². The average Bonchev–Trinajstić information content (AvgIpc) is 3.41. The summed E-state index contributed by atoms with van der Waals surface area (Å²) >= 11 is 12.6. The van der Waals surface area contributed by atoms with Gasteiger partial charge in [-0.1, -0.05) is 56.1 Å². The topological polar surface area (TPSA) is 74.3 Å². The number of anilines is 2. The Bertz CT molecular complexity index is 1700. The minimum absolute atomic E-state index is 0.102. The van der Waals surface area contributed by atoms with Gasteiger partial charge in [-0.25, -0.2) is 18.4 Å². The van der Waals surface area contributed by atoms with Crippen LogP contribution in [0.2, 0.25) is 0 Å². The summed E-state index contributed by atoms with van der Waals surface area (Å²) in [5, 5.41) is 2.77. The fraction of sp³-hybridized carbons (Fsp3) is 0.235. The van der Waals surface area contributed by atoms with Crippen LogP contribution in [0, 0.1) is 11.6 Å². The molecule has 1 aliphatic heterocycles. The molecule has 0 aromatic heterocycles. The predicted molar refractivity (Wildman–Crippen MR) is 188 cm³/mol. The van der Waals surface area contributed by atoms with Crippen molar-refractivity contribution in [3.8, 4) is 11.5 Å². The van der Waals surface area contributed by atoms with Crippen molar-refractivity contribution >= 4 is 66.9 Å². The van der Waals surface area contributed by atoms with Crippen molar-refractivity contribution < 1.29 is 27.8 Å². The van der Waals surface area contributed by atoms with Gasteiger partial charge < -0.3 is 19.7 Å². The normalized spacial score (nSPS) is 12.4. The van der Waals surface area contributed by atoms with E-state index in [4.69, 9.17) is 21.1 Å². The van der Waals surface area contributed by atoms with Gasteiger partial charge in [0.2, 0.25) is 0 Å². The quantitative estimate of drug-likeness (QED) is 0.163. The summed E-state index contributed by atoms with van der Waals surface area (Å²) < 4.78 is 38.9. The van der Waals surface area contributed by atoms with Gasteiger partial charge in [-0.15, -0.1) is 11.6 Å². The van der Waals surface area contributed by atoms with Crippen LogP contribution in [0.4, 0.5) is 29.7 Å². The summed E-state index contributed by atoms with van der Waals surface area (Å²) in [5.74, 6) is 0.831. The highest BCUT2D eigenvalue weighted by molar-refractivity contribution is 9.10. The number of hydrogen-bond donors (Lipinski definition) is 1. The molecule has 0 atom stereocenters. The maximum absolute atomic E-state index is 13.3. The Morgan fingerprint density at radius 1 is 0.872 bits per heavy atom. The molecule has 1 saturated heterocycles. The van der Waals surface area contributed by atoms with E-state index in [1.165, 1.54) is 36.3 Å². The van der Waals surface area contributed by atoms with Crippen LogP contribution < -0.4 is 24.6 Å². The predicted octanol–water partition coefficient (Wildman–Crippen LogP) is 8.59. The lowest BCUT2D eigenvalue weighted by molar-refractivity contribution is 0.218. The fourth-order valence-corrected chi connectivity index (χ4v) is 5.74. The highest BCUT2D eigenvalue weighted by Gasteiger charge is 2.31. The second-order valence-electron chi connectivity index (χ2n) is 10.2. The van der Waals surface area contributed by atoms with Gasteiger partial charge >= 0.3 is 12.1 Å². The lowest BCUT2D eigenvalue weighted by Gasteiger charge is -2.24. The van der Waals surface area contributed by atoms with E-state index in [1.807, 2.05) is 30.3 Å². The van der Waals surface area contributed by atoms with Crippen LogP contribution in [0.1, 0.15) is 11.1 Å². The number of halogens is 5. The Morgan fingerprint density at radius 3 is 2.13 bits per heavy atom. The first-order valence-corrected chi connectivity index (χ1v) is 16.6. The summed E-state index contributed by atoms with van der Waals surface area (Å²) in [7, 11) is 3.12. The van der Waals surface area contributed by atoms with Crippen molar-refractivity contribution in [3.05, 3.63) is 117 Å². The Balaban J connectivity index is 0.000000213. The van der Waals surface area contributed by atoms with Gasteiger partial charge in [0.05, 0.1) is 25.6 Å². The maximum Gasteiger partial charge on any atom is 0.325 e. The standard InChI is InChI=1S/C17H17BrClFN2O2.C17H16BrFN2O2/c1-24-16-10-13(18)5-6-15(16)22(8-7-19)17(23)21-11-12-3-2-4-14(20)9-12;1-23-16-10-13(18)5-6-15(16)21-8-7-20(17(21)22)11-12-3-2-4-14(19)9-12/h2-6,9-10H,7-8,11H2,1H3,(H,21,23);2-6,9-10H,7-8,11H2,1H3. The highest BCUT2D eigenvalue weighted by Crippen LogP contribution is 2.34. The van der Waals surface area contributed by atoms with Crippen molar-refractivity contribution in [1.82, 2.24) is 10.2 Å². The molecule has 5 rings (SSSR count). The van der Waals surface area contributed by atoms with Crippen molar-refractivity contribution in [2.24, 2.45) is 0 Å². The minimum Gasteiger partial charge on any atom is -0.495 e. The van der Waals surface area contributed by atoms with E-state index in [0.29, 0.717) is 48.9 Å². The molecule has 4 amide bonds. The first-order chi connectivity index (χ1) is 22.6. The molecule has 4 aromatic carbocycles. The largest absolute Gasteiger partial charge is 0.495 e. The molecule has 0 saturated carbocycles. The SMILES string of the molecule is COc1cc(Br)ccc1N(CCCl)C(=O)NCc1cccc(F)c1.COc1cc(Br)ccc1N1CCN(Cc2cccc(F)c2)C1=O. The van der Waals surface area contributed by atoms with E-state index in [9.17, 15) is 18.4 Å². The molecule has 0 unspecified atom stereocenters. The summed E-state index contributed by atoms with van der Waals surface area (Å²) in [5.41, 5.74) is 2.81. The van der Waals surface area contributed by atoms with Crippen LogP contribution >= 0.6 is 43.5 Å². The average molecular weight is 795 g/mol. The molecule has 0 bridgehead atoms. The first kappa shape index (κ1) is 36.0. The van der Waals surface area contributed by atoms with Crippen LogP contribution in [0.3, 0.4) is 0 Å². The molecule has 8 nitrogen and oxygen atoms in total. The molecule has 0 radical (unpaired) electrons. The zero-order chi connectivity index (χ0) is 33.9. The number of nitrogens with one attached hydrogen (secondary N) is 1.